The fourth-order valence-electron chi connectivity index (χ4n) is 1.07. The van der Waals surface area contributed by atoms with Gasteiger partial charge in [-0.1, -0.05) is 15.9 Å². The van der Waals surface area contributed by atoms with Gasteiger partial charge in [0.05, 0.1) is 5.33 Å². The summed E-state index contributed by atoms with van der Waals surface area (Å²) in [6, 6.07) is 5.62. The summed E-state index contributed by atoms with van der Waals surface area (Å²) in [4.78, 5) is 15.3. The monoisotopic (exact) mass is 365 g/mol. The molecule has 14 heavy (non-hydrogen) atoms. The average molecular weight is 366 g/mol. The molecule has 0 amide bonds. The number of hydrogen-bond acceptors (Lipinski definition) is 3. The van der Waals surface area contributed by atoms with Gasteiger partial charge in [-0.25, -0.2) is 4.98 Å². The molecule has 1 aromatic carbocycles. The van der Waals surface area contributed by atoms with Gasteiger partial charge < -0.3 is 4.42 Å². The van der Waals surface area contributed by atoms with Crippen LogP contribution in [0.5, 0.6) is 0 Å². The van der Waals surface area contributed by atoms with Crippen LogP contribution in [0, 0.1) is 3.57 Å². The van der Waals surface area contributed by atoms with Gasteiger partial charge >= 0.3 is 0 Å². The van der Waals surface area contributed by atoms with Crippen LogP contribution < -0.4 is 0 Å². The number of carbonyl (C=O) groups excluding carboxylic acids is 1. The van der Waals surface area contributed by atoms with Crippen LogP contribution in [-0.4, -0.2) is 16.1 Å². The normalized spacial score (nSPS) is 10.7. The van der Waals surface area contributed by atoms with Gasteiger partial charge in [-0.15, -0.1) is 0 Å². The number of nitrogens with zero attached hydrogens (tertiary/aromatic N) is 1. The smallest absolute Gasteiger partial charge is 0.265 e. The molecule has 2 aromatic rings. The van der Waals surface area contributed by atoms with E-state index >= 15 is 0 Å². The number of benzene rings is 1. The minimum atomic E-state index is -0.142. The molecule has 0 N–H and O–H groups in total. The second-order valence-electron chi connectivity index (χ2n) is 2.69. The highest BCUT2D eigenvalue weighted by molar-refractivity contribution is 14.1. The molecule has 2 rings (SSSR count). The number of aromatic nitrogens is 1. The summed E-state index contributed by atoms with van der Waals surface area (Å²) in [6.07, 6.45) is 0. The molecule has 0 unspecified atom stereocenters. The predicted octanol–water partition coefficient (Wildman–Crippen LogP) is 3.01. The quantitative estimate of drug-likeness (QED) is 0.466. The first kappa shape index (κ1) is 10.1. The third kappa shape index (κ3) is 1.83. The summed E-state index contributed by atoms with van der Waals surface area (Å²) in [6.45, 7) is 0. The molecule has 5 heteroatoms. The minimum absolute atomic E-state index is 0.142. The van der Waals surface area contributed by atoms with Crippen molar-refractivity contribution in [2.24, 2.45) is 0 Å². The lowest BCUT2D eigenvalue weighted by Gasteiger charge is -1.86. The van der Waals surface area contributed by atoms with E-state index in [2.05, 4.69) is 43.5 Å². The summed E-state index contributed by atoms with van der Waals surface area (Å²) >= 11 is 5.25. The zero-order chi connectivity index (χ0) is 10.1. The lowest BCUT2D eigenvalue weighted by Crippen LogP contribution is -1.99. The maximum Gasteiger partial charge on any atom is 0.265 e. The molecular formula is C9H5BrINO2. The Labute approximate surface area is 102 Å². The van der Waals surface area contributed by atoms with Crippen LogP contribution in [0.1, 0.15) is 10.7 Å². The van der Waals surface area contributed by atoms with E-state index in [1.54, 1.807) is 0 Å². The number of hydrogen-bond donors (Lipinski definition) is 0. The second-order valence-corrected chi connectivity index (χ2v) is 4.49. The SMILES string of the molecule is O=C(CBr)c1nc2ccc(I)cc2o1. The maximum atomic E-state index is 11.3. The van der Waals surface area contributed by atoms with E-state index in [9.17, 15) is 4.79 Å². The van der Waals surface area contributed by atoms with Crippen molar-refractivity contribution in [3.05, 3.63) is 27.7 Å². The topological polar surface area (TPSA) is 43.1 Å². The van der Waals surface area contributed by atoms with Crippen LogP contribution in [-0.2, 0) is 0 Å². The summed E-state index contributed by atoms with van der Waals surface area (Å²) in [7, 11) is 0. The Morgan fingerprint density at radius 3 is 3.07 bits per heavy atom. The van der Waals surface area contributed by atoms with Crippen molar-refractivity contribution in [1.29, 1.82) is 0 Å². The first-order chi connectivity index (χ1) is 6.70. The van der Waals surface area contributed by atoms with Gasteiger partial charge in [0.1, 0.15) is 5.52 Å². The Hall–Kier alpha value is -0.430. The van der Waals surface area contributed by atoms with Crippen LogP contribution in [0.2, 0.25) is 0 Å². The highest BCUT2D eigenvalue weighted by Gasteiger charge is 2.12. The number of carbonyl (C=O) groups is 1. The molecule has 0 radical (unpaired) electrons. The zero-order valence-electron chi connectivity index (χ0n) is 6.96. The van der Waals surface area contributed by atoms with Crippen molar-refractivity contribution < 1.29 is 9.21 Å². The highest BCUT2D eigenvalue weighted by atomic mass is 127. The molecule has 72 valence electrons. The first-order valence-corrected chi connectivity index (χ1v) is 6.06. The summed E-state index contributed by atoms with van der Waals surface area (Å²) in [5, 5.41) is 0.233. The van der Waals surface area contributed by atoms with Gasteiger partial charge in [-0.3, -0.25) is 4.79 Å². The fourth-order valence-corrected chi connectivity index (χ4v) is 1.78. The molecule has 0 aliphatic carbocycles. The van der Waals surface area contributed by atoms with Crippen LogP contribution in [0.25, 0.3) is 11.1 Å². The van der Waals surface area contributed by atoms with Crippen LogP contribution in [0.3, 0.4) is 0 Å². The van der Waals surface area contributed by atoms with Gasteiger partial charge in [-0.05, 0) is 40.8 Å². The summed E-state index contributed by atoms with van der Waals surface area (Å²) in [5.74, 6) is 0.0232. The third-order valence-corrected chi connectivity index (χ3v) is 2.89. The average Bonchev–Trinajstić information content (AvgIpc) is 2.59. The number of alkyl halides is 1. The van der Waals surface area contributed by atoms with E-state index in [0.717, 1.165) is 9.09 Å². The number of halogens is 2. The molecule has 1 heterocycles. The van der Waals surface area contributed by atoms with E-state index in [0.29, 0.717) is 5.58 Å². The van der Waals surface area contributed by atoms with Crippen LogP contribution in [0.15, 0.2) is 22.6 Å². The predicted molar refractivity (Wildman–Crippen MR) is 64.9 cm³/mol. The molecule has 0 aliphatic heterocycles. The molecule has 0 fully saturated rings. The lowest BCUT2D eigenvalue weighted by atomic mass is 10.3. The van der Waals surface area contributed by atoms with Crippen molar-refractivity contribution in [3.8, 4) is 0 Å². The van der Waals surface area contributed by atoms with Crippen LogP contribution >= 0.6 is 38.5 Å². The van der Waals surface area contributed by atoms with E-state index in [-0.39, 0.29) is 17.0 Å². The number of fused-ring (bicyclic) bond motifs is 1. The molecule has 1 aromatic heterocycles. The number of rotatable bonds is 2. The van der Waals surface area contributed by atoms with E-state index in [4.69, 9.17) is 4.42 Å². The number of ketones is 1. The van der Waals surface area contributed by atoms with E-state index < -0.39 is 0 Å². The summed E-state index contributed by atoms with van der Waals surface area (Å²) in [5.41, 5.74) is 1.37. The first-order valence-electron chi connectivity index (χ1n) is 3.86. The Morgan fingerprint density at radius 2 is 2.36 bits per heavy atom. The highest BCUT2D eigenvalue weighted by Crippen LogP contribution is 2.18. The van der Waals surface area contributed by atoms with Gasteiger partial charge in [0.2, 0.25) is 5.78 Å². The Bertz CT molecular complexity index is 495. The van der Waals surface area contributed by atoms with E-state index in [1.165, 1.54) is 0 Å². The second kappa shape index (κ2) is 3.98. The Morgan fingerprint density at radius 1 is 1.57 bits per heavy atom. The lowest BCUT2D eigenvalue weighted by molar-refractivity contribution is 0.0989. The van der Waals surface area contributed by atoms with Gasteiger partial charge in [0.25, 0.3) is 5.89 Å². The van der Waals surface area contributed by atoms with Gasteiger partial charge in [-0.2, -0.15) is 0 Å². The van der Waals surface area contributed by atoms with Crippen molar-refractivity contribution >= 4 is 55.4 Å². The molecule has 0 bridgehead atoms. The Balaban J connectivity index is 2.56. The van der Waals surface area contributed by atoms with Crippen molar-refractivity contribution in [2.75, 3.05) is 5.33 Å². The van der Waals surface area contributed by atoms with Crippen molar-refractivity contribution in [1.82, 2.24) is 4.98 Å². The minimum Gasteiger partial charge on any atom is -0.434 e. The molecule has 0 spiro atoms. The third-order valence-electron chi connectivity index (χ3n) is 1.71. The van der Waals surface area contributed by atoms with Crippen LogP contribution in [0.4, 0.5) is 0 Å². The maximum absolute atomic E-state index is 11.3. The van der Waals surface area contributed by atoms with Crippen molar-refractivity contribution in [2.45, 2.75) is 0 Å². The molecule has 0 saturated heterocycles. The Kier molecular flexibility index (Phi) is 2.87. The van der Waals surface area contributed by atoms with E-state index in [1.807, 2.05) is 18.2 Å². The molecular weight excluding hydrogens is 361 g/mol. The summed E-state index contributed by atoms with van der Waals surface area (Å²) < 4.78 is 6.37. The molecule has 3 nitrogen and oxygen atoms in total. The molecule has 0 aliphatic rings. The van der Waals surface area contributed by atoms with Crippen molar-refractivity contribution in [3.63, 3.8) is 0 Å². The zero-order valence-corrected chi connectivity index (χ0v) is 10.7. The number of Topliss-reactive ketones (excluding diaryl/α,β-unsaturated/α-hetero) is 1. The number of oxazole rings is 1. The van der Waals surface area contributed by atoms with Gasteiger partial charge in [0.15, 0.2) is 5.58 Å². The van der Waals surface area contributed by atoms with Gasteiger partial charge in [0, 0.05) is 3.57 Å². The largest absolute Gasteiger partial charge is 0.434 e. The fraction of sp³-hybridized carbons (Fsp3) is 0.111. The molecule has 0 saturated carbocycles. The standard InChI is InChI=1S/C9H5BrINO2/c10-4-7(13)9-12-6-2-1-5(11)3-8(6)14-9/h1-3H,4H2. The molecule has 0 atom stereocenters.